The van der Waals surface area contributed by atoms with Crippen molar-refractivity contribution in [1.82, 2.24) is 4.90 Å². The largest absolute Gasteiger partial charge is 0.496 e. The number of hydrogen-bond acceptors (Lipinski definition) is 5. The van der Waals surface area contributed by atoms with Crippen molar-refractivity contribution in [3.8, 4) is 18.1 Å². The molecule has 41 heavy (non-hydrogen) atoms. The second kappa shape index (κ2) is 12.7. The highest BCUT2D eigenvalue weighted by atomic mass is 19.4. The van der Waals surface area contributed by atoms with Gasteiger partial charge in [0.05, 0.1) is 24.0 Å². The lowest BCUT2D eigenvalue weighted by molar-refractivity contribution is -0.148. The van der Waals surface area contributed by atoms with Gasteiger partial charge in [-0.2, -0.15) is 13.2 Å². The molecule has 2 aliphatic heterocycles. The molecule has 0 radical (unpaired) electrons. The molecule has 1 saturated heterocycles. The molecule has 2 aliphatic rings. The Morgan fingerprint density at radius 2 is 1.98 bits per heavy atom. The number of aliphatic carboxylic acids is 1. The highest BCUT2D eigenvalue weighted by Crippen LogP contribution is 2.48. The summed E-state index contributed by atoms with van der Waals surface area (Å²) < 4.78 is 53.3. The Hall–Kier alpha value is -3.94. The number of carbonyl (C=O) groups is 2. The van der Waals surface area contributed by atoms with Crippen LogP contribution >= 0.6 is 0 Å². The van der Waals surface area contributed by atoms with Crippen LogP contribution in [0.3, 0.4) is 0 Å². The number of piperidine rings is 1. The van der Waals surface area contributed by atoms with Crippen molar-refractivity contribution in [2.75, 3.05) is 26.7 Å². The number of halogens is 3. The molecule has 0 bridgehead atoms. The second-order valence-corrected chi connectivity index (χ2v) is 10.9. The van der Waals surface area contributed by atoms with Crippen LogP contribution in [-0.4, -0.2) is 48.6 Å². The quantitative estimate of drug-likeness (QED) is 0.139. The Kier molecular flexibility index (Phi) is 9.79. The number of nitrogens with zero attached hydrogens (tertiary/aromatic N) is 4. The van der Waals surface area contributed by atoms with Crippen LogP contribution in [0.5, 0.6) is 5.75 Å². The summed E-state index contributed by atoms with van der Waals surface area (Å²) in [6.07, 6.45) is 5.38. The number of carboxylic acids is 1. The minimum atomic E-state index is -4.67. The zero-order valence-electron chi connectivity index (χ0n) is 23.4. The number of methoxy groups -OCH3 is 1. The minimum absolute atomic E-state index is 0.0762. The first-order valence-electron chi connectivity index (χ1n) is 13.0. The van der Waals surface area contributed by atoms with E-state index in [1.165, 1.54) is 32.3 Å². The van der Waals surface area contributed by atoms with Gasteiger partial charge in [0.1, 0.15) is 18.1 Å². The predicted octanol–water partition coefficient (Wildman–Crippen LogP) is 6.07. The van der Waals surface area contributed by atoms with Crippen LogP contribution in [0, 0.1) is 29.6 Å². The number of carbonyl (C=O) groups excluding carboxylic acids is 1. The summed E-state index contributed by atoms with van der Waals surface area (Å²) in [6, 6.07) is 2.43. The van der Waals surface area contributed by atoms with Crippen molar-refractivity contribution < 1.29 is 37.3 Å². The number of azide groups is 1. The Labute approximate surface area is 236 Å². The lowest BCUT2D eigenvalue weighted by Gasteiger charge is -2.40. The number of fused-ring (bicyclic) bond motifs is 1. The van der Waals surface area contributed by atoms with Crippen molar-refractivity contribution in [2.45, 2.75) is 52.3 Å². The van der Waals surface area contributed by atoms with Crippen LogP contribution in [0.4, 0.5) is 13.2 Å². The highest BCUT2D eigenvalue weighted by Gasteiger charge is 2.42. The van der Waals surface area contributed by atoms with Crippen LogP contribution in [-0.2, 0) is 27.1 Å². The van der Waals surface area contributed by atoms with Crippen molar-refractivity contribution in [2.24, 2.45) is 22.4 Å². The van der Waals surface area contributed by atoms with Crippen LogP contribution < -0.4 is 4.74 Å². The molecule has 220 valence electrons. The van der Waals surface area contributed by atoms with Gasteiger partial charge in [-0.3, -0.25) is 9.59 Å². The lowest BCUT2D eigenvalue weighted by Crippen LogP contribution is -2.44. The number of ether oxygens (including phenoxy) is 2. The standard InChI is InChI=1S/C29H33F3N4O5/c1-6-20-23(8-7-17(2)26(37)34-35-33)41-15-19-13-24(40-5)22(29(30,31)32)14-21(19)25(20)18-9-11-36(12-10-18)16-28(3,4)27(38)39/h1,7-8,13-14,18,20,25H,9-12,15-16H2,2-5H3,(H,38,39)/b17-7+,23-8+. The van der Waals surface area contributed by atoms with Crippen LogP contribution in [0.25, 0.3) is 10.4 Å². The fraction of sp³-hybridized carbons (Fsp3) is 0.517. The molecule has 0 saturated carbocycles. The molecule has 0 aliphatic carbocycles. The number of hydrogen-bond donors (Lipinski definition) is 1. The van der Waals surface area contributed by atoms with Crippen LogP contribution in [0.1, 0.15) is 56.2 Å². The summed E-state index contributed by atoms with van der Waals surface area (Å²) in [5.41, 5.74) is 7.73. The molecule has 2 atom stereocenters. The average Bonchev–Trinajstić information content (AvgIpc) is 3.06. The van der Waals surface area contributed by atoms with Gasteiger partial charge in [-0.15, -0.1) is 6.42 Å². The summed E-state index contributed by atoms with van der Waals surface area (Å²) in [7, 11) is 1.17. The number of alkyl halides is 3. The van der Waals surface area contributed by atoms with E-state index < -0.39 is 40.9 Å². The van der Waals surface area contributed by atoms with E-state index in [0.717, 1.165) is 6.07 Å². The summed E-state index contributed by atoms with van der Waals surface area (Å²) in [6.45, 7) is 6.12. The van der Waals surface area contributed by atoms with Gasteiger partial charge < -0.3 is 19.5 Å². The topological polar surface area (TPSA) is 125 Å². The number of allylic oxidation sites excluding steroid dienone is 3. The summed E-state index contributed by atoms with van der Waals surface area (Å²) in [4.78, 5) is 28.1. The number of likely N-dealkylation sites (tertiary alicyclic amines) is 1. The third kappa shape index (κ3) is 7.23. The van der Waals surface area contributed by atoms with E-state index in [9.17, 15) is 27.9 Å². The maximum atomic E-state index is 14.1. The first-order chi connectivity index (χ1) is 19.2. The Balaban J connectivity index is 2.08. The van der Waals surface area contributed by atoms with E-state index in [1.54, 1.807) is 13.8 Å². The number of amides is 1. The number of rotatable bonds is 7. The molecule has 1 N–H and O–H groups in total. The third-order valence-electron chi connectivity index (χ3n) is 7.67. The Morgan fingerprint density at radius 3 is 2.51 bits per heavy atom. The molecule has 2 heterocycles. The van der Waals surface area contributed by atoms with Crippen LogP contribution in [0.2, 0.25) is 0 Å². The number of benzene rings is 1. The first-order valence-corrected chi connectivity index (χ1v) is 13.0. The van der Waals surface area contributed by atoms with E-state index in [0.29, 0.717) is 49.4 Å². The minimum Gasteiger partial charge on any atom is -0.496 e. The molecule has 2 unspecified atom stereocenters. The van der Waals surface area contributed by atoms with Gasteiger partial charge in [0, 0.05) is 17.4 Å². The molecule has 3 rings (SSSR count). The summed E-state index contributed by atoms with van der Waals surface area (Å²) >= 11 is 0. The van der Waals surface area contributed by atoms with E-state index >= 15 is 0 Å². The van der Waals surface area contributed by atoms with Gasteiger partial charge in [-0.25, -0.2) is 0 Å². The summed E-state index contributed by atoms with van der Waals surface area (Å²) in [5.74, 6) is -0.486. The molecular weight excluding hydrogens is 541 g/mol. The highest BCUT2D eigenvalue weighted by molar-refractivity contribution is 5.93. The molecule has 1 amide bonds. The smallest absolute Gasteiger partial charge is 0.419 e. The van der Waals surface area contributed by atoms with Crippen LogP contribution in [0.15, 0.2) is 40.7 Å². The fourth-order valence-electron chi connectivity index (χ4n) is 5.43. The van der Waals surface area contributed by atoms with Crippen molar-refractivity contribution in [3.05, 3.63) is 62.8 Å². The van der Waals surface area contributed by atoms with Crippen molar-refractivity contribution in [1.29, 1.82) is 0 Å². The maximum absolute atomic E-state index is 14.1. The van der Waals surface area contributed by atoms with Gasteiger partial charge >= 0.3 is 12.1 Å². The second-order valence-electron chi connectivity index (χ2n) is 10.9. The van der Waals surface area contributed by atoms with Gasteiger partial charge in [-0.05, 0) is 98.2 Å². The first kappa shape index (κ1) is 31.6. The average molecular weight is 575 g/mol. The normalized spacial score (nSPS) is 21.6. The fourth-order valence-corrected chi connectivity index (χ4v) is 5.43. The Bertz CT molecular complexity index is 1330. The molecule has 1 aromatic carbocycles. The van der Waals surface area contributed by atoms with E-state index in [1.807, 2.05) is 4.90 Å². The van der Waals surface area contributed by atoms with E-state index in [4.69, 9.17) is 21.4 Å². The van der Waals surface area contributed by atoms with Gasteiger partial charge in [0.15, 0.2) is 0 Å². The zero-order valence-corrected chi connectivity index (χ0v) is 23.4. The lowest BCUT2D eigenvalue weighted by atomic mass is 9.71. The zero-order chi connectivity index (χ0) is 30.5. The van der Waals surface area contributed by atoms with E-state index in [-0.39, 0.29) is 23.8 Å². The van der Waals surface area contributed by atoms with Crippen molar-refractivity contribution in [3.63, 3.8) is 0 Å². The monoisotopic (exact) mass is 574 g/mol. The molecule has 0 aromatic heterocycles. The third-order valence-corrected chi connectivity index (χ3v) is 7.67. The number of carboxylic acid groups (broad SMARTS) is 1. The SMILES string of the molecule is C#CC1/C(=C\C=C(/C)C(=O)N=[N+]=[N-])OCc2cc(OC)c(C(F)(F)F)cc2C1C1CCN(CC(C)(C)C(=O)O)CC1. The predicted molar refractivity (Wildman–Crippen MR) is 144 cm³/mol. The van der Waals surface area contributed by atoms with Gasteiger partial charge in [0.2, 0.25) is 5.91 Å². The van der Waals surface area contributed by atoms with E-state index in [2.05, 4.69) is 15.9 Å². The summed E-state index contributed by atoms with van der Waals surface area (Å²) in [5, 5.41) is 12.6. The van der Waals surface area contributed by atoms with Gasteiger partial charge in [0.25, 0.3) is 0 Å². The molecule has 1 fully saturated rings. The maximum Gasteiger partial charge on any atom is 0.419 e. The van der Waals surface area contributed by atoms with Crippen molar-refractivity contribution >= 4 is 11.9 Å². The molecule has 12 heteroatoms. The molecule has 9 nitrogen and oxygen atoms in total. The molecular formula is C29H33F3N4O5. The van der Waals surface area contributed by atoms with Gasteiger partial charge in [-0.1, -0.05) is 12.0 Å². The Morgan fingerprint density at radius 1 is 1.32 bits per heavy atom. The molecule has 1 aromatic rings. The number of terminal acetylenes is 1. The molecule has 0 spiro atoms.